The third-order valence-electron chi connectivity index (χ3n) is 3.79. The van der Waals surface area contributed by atoms with Crippen molar-refractivity contribution < 1.29 is 4.79 Å². The zero-order valence-corrected chi connectivity index (χ0v) is 14.8. The van der Waals surface area contributed by atoms with Crippen LogP contribution in [0.1, 0.15) is 20.8 Å². The summed E-state index contributed by atoms with van der Waals surface area (Å²) in [5.74, 6) is 0.512. The normalized spacial score (nSPS) is 12.6. The molecule has 116 valence electrons. The van der Waals surface area contributed by atoms with E-state index in [1.807, 2.05) is 18.3 Å². The average Bonchev–Trinajstić information content (AvgIpc) is 3.19. The molecule has 0 saturated carbocycles. The first kappa shape index (κ1) is 14.9. The van der Waals surface area contributed by atoms with Crippen LogP contribution in [0.5, 0.6) is 0 Å². The van der Waals surface area contributed by atoms with Crippen molar-refractivity contribution in [2.24, 2.45) is 0 Å². The van der Waals surface area contributed by atoms with E-state index in [1.165, 1.54) is 31.7 Å². The standard InChI is InChI=1S/C16H13N3OS3/c1-21-16-12-10(6-5-9-8-18-23-13(9)12)14(22-16)15(20)19-11-4-2-3-7-17-11/h2-4,7-8H,5-6H2,1H3,(H,17,19,20). The van der Waals surface area contributed by atoms with Crippen LogP contribution in [-0.2, 0) is 12.8 Å². The van der Waals surface area contributed by atoms with Crippen LogP contribution in [0.25, 0.3) is 10.4 Å². The lowest BCUT2D eigenvalue weighted by molar-refractivity contribution is 0.102. The number of nitrogens with zero attached hydrogens (tertiary/aromatic N) is 2. The SMILES string of the molecule is CSc1sc(C(=O)Nc2ccccn2)c2c1-c1sncc1CC2. The van der Waals surface area contributed by atoms with E-state index in [9.17, 15) is 4.79 Å². The Morgan fingerprint density at radius 1 is 1.35 bits per heavy atom. The van der Waals surface area contributed by atoms with E-state index in [4.69, 9.17) is 0 Å². The molecule has 0 saturated heterocycles. The van der Waals surface area contributed by atoms with Crippen LogP contribution in [0.3, 0.4) is 0 Å². The highest BCUT2D eigenvalue weighted by Gasteiger charge is 2.29. The molecule has 0 bridgehead atoms. The number of thiophene rings is 1. The minimum absolute atomic E-state index is 0.0711. The number of carbonyl (C=O) groups excluding carboxylic acids is 1. The Bertz CT molecular complexity index is 870. The van der Waals surface area contributed by atoms with Gasteiger partial charge in [-0.2, -0.15) is 0 Å². The molecule has 1 aliphatic rings. The number of carbonyl (C=O) groups is 1. The number of pyridine rings is 1. The quantitative estimate of drug-likeness (QED) is 0.707. The van der Waals surface area contributed by atoms with Gasteiger partial charge in [0.05, 0.1) is 14.0 Å². The maximum absolute atomic E-state index is 12.7. The van der Waals surface area contributed by atoms with E-state index in [0.717, 1.165) is 23.3 Å². The van der Waals surface area contributed by atoms with Crippen LogP contribution in [-0.4, -0.2) is 21.5 Å². The molecule has 1 N–H and O–H groups in total. The topological polar surface area (TPSA) is 54.9 Å². The number of nitrogens with one attached hydrogen (secondary N) is 1. The van der Waals surface area contributed by atoms with Crippen molar-refractivity contribution in [2.45, 2.75) is 17.1 Å². The summed E-state index contributed by atoms with van der Waals surface area (Å²) in [6.45, 7) is 0. The number of hydrogen-bond donors (Lipinski definition) is 1. The van der Waals surface area contributed by atoms with Crippen molar-refractivity contribution in [1.82, 2.24) is 9.36 Å². The fourth-order valence-electron chi connectivity index (χ4n) is 2.75. The zero-order chi connectivity index (χ0) is 15.8. The van der Waals surface area contributed by atoms with Crippen molar-refractivity contribution in [3.63, 3.8) is 0 Å². The van der Waals surface area contributed by atoms with Crippen LogP contribution in [0.4, 0.5) is 5.82 Å². The number of fused-ring (bicyclic) bond motifs is 3. The van der Waals surface area contributed by atoms with Crippen molar-refractivity contribution in [3.05, 3.63) is 46.6 Å². The number of hydrogen-bond acceptors (Lipinski definition) is 6. The number of aryl methyl sites for hydroxylation is 1. The van der Waals surface area contributed by atoms with E-state index in [-0.39, 0.29) is 5.91 Å². The minimum Gasteiger partial charge on any atom is -0.306 e. The Hall–Kier alpha value is -1.70. The highest BCUT2D eigenvalue weighted by molar-refractivity contribution is 8.00. The van der Waals surface area contributed by atoms with Crippen LogP contribution in [0, 0.1) is 0 Å². The van der Waals surface area contributed by atoms with Gasteiger partial charge < -0.3 is 5.32 Å². The van der Waals surface area contributed by atoms with Gasteiger partial charge in [-0.3, -0.25) is 4.79 Å². The van der Waals surface area contributed by atoms with Gasteiger partial charge in [-0.1, -0.05) is 6.07 Å². The number of thioether (sulfide) groups is 1. The largest absolute Gasteiger partial charge is 0.306 e. The predicted molar refractivity (Wildman–Crippen MR) is 96.8 cm³/mol. The first-order chi connectivity index (χ1) is 11.3. The fraction of sp³-hybridized carbons (Fsp3) is 0.188. The molecule has 3 aromatic heterocycles. The molecule has 1 amide bonds. The molecule has 1 aliphatic carbocycles. The zero-order valence-electron chi connectivity index (χ0n) is 12.3. The Labute approximate surface area is 146 Å². The van der Waals surface area contributed by atoms with E-state index in [2.05, 4.69) is 20.9 Å². The molecule has 4 nitrogen and oxygen atoms in total. The third kappa shape index (κ3) is 2.58. The van der Waals surface area contributed by atoms with Gasteiger partial charge in [0.2, 0.25) is 0 Å². The van der Waals surface area contributed by atoms with Gasteiger partial charge in [0.15, 0.2) is 0 Å². The number of amides is 1. The molecule has 0 atom stereocenters. The highest BCUT2D eigenvalue weighted by Crippen LogP contribution is 2.47. The third-order valence-corrected chi connectivity index (χ3v) is 7.00. The molecule has 23 heavy (non-hydrogen) atoms. The van der Waals surface area contributed by atoms with Crippen LogP contribution in [0.2, 0.25) is 0 Å². The molecule has 0 fully saturated rings. The van der Waals surface area contributed by atoms with Crippen LogP contribution >= 0.6 is 34.6 Å². The van der Waals surface area contributed by atoms with Gasteiger partial charge >= 0.3 is 0 Å². The summed E-state index contributed by atoms with van der Waals surface area (Å²) in [4.78, 5) is 18.9. The average molecular weight is 360 g/mol. The van der Waals surface area contributed by atoms with Gasteiger partial charge in [0.1, 0.15) is 5.82 Å². The number of anilines is 1. The van der Waals surface area contributed by atoms with Gasteiger partial charge in [-0.15, -0.1) is 23.1 Å². The minimum atomic E-state index is -0.0711. The number of aromatic nitrogens is 2. The maximum atomic E-state index is 12.7. The lowest BCUT2D eigenvalue weighted by atomic mass is 9.93. The smallest absolute Gasteiger partial charge is 0.267 e. The molecule has 0 unspecified atom stereocenters. The number of rotatable bonds is 3. The second-order valence-corrected chi connectivity index (χ2v) is 8.02. The molecule has 3 heterocycles. The molecule has 7 heteroatoms. The fourth-order valence-corrected chi connectivity index (χ4v) is 5.75. The summed E-state index contributed by atoms with van der Waals surface area (Å²) in [7, 11) is 0. The van der Waals surface area contributed by atoms with Crippen LogP contribution in [0.15, 0.2) is 34.8 Å². The van der Waals surface area contributed by atoms with Crippen molar-refractivity contribution in [1.29, 1.82) is 0 Å². The molecular weight excluding hydrogens is 346 g/mol. The Morgan fingerprint density at radius 2 is 2.26 bits per heavy atom. The molecule has 0 radical (unpaired) electrons. The van der Waals surface area contributed by atoms with E-state index in [0.29, 0.717) is 5.82 Å². The van der Waals surface area contributed by atoms with Gasteiger partial charge in [-0.25, -0.2) is 9.36 Å². The second kappa shape index (κ2) is 6.07. The summed E-state index contributed by atoms with van der Waals surface area (Å²) >= 11 is 4.79. The summed E-state index contributed by atoms with van der Waals surface area (Å²) in [5, 5.41) is 2.90. The Morgan fingerprint density at radius 3 is 3.04 bits per heavy atom. The second-order valence-electron chi connectivity index (χ2n) is 5.13. The summed E-state index contributed by atoms with van der Waals surface area (Å²) in [6, 6.07) is 5.50. The molecule has 4 rings (SSSR count). The summed E-state index contributed by atoms with van der Waals surface area (Å²) in [6.07, 6.45) is 7.53. The van der Waals surface area contributed by atoms with Crippen LogP contribution < -0.4 is 5.32 Å². The molecule has 0 aliphatic heterocycles. The summed E-state index contributed by atoms with van der Waals surface area (Å²) in [5.41, 5.74) is 3.68. The predicted octanol–water partition coefficient (Wildman–Crippen LogP) is 4.34. The maximum Gasteiger partial charge on any atom is 0.267 e. The first-order valence-electron chi connectivity index (χ1n) is 7.14. The Balaban J connectivity index is 1.75. The lowest BCUT2D eigenvalue weighted by Crippen LogP contribution is -2.14. The van der Waals surface area contributed by atoms with E-state index >= 15 is 0 Å². The molecule has 0 aromatic carbocycles. The van der Waals surface area contributed by atoms with Crippen molar-refractivity contribution >= 4 is 46.4 Å². The molecule has 0 spiro atoms. The van der Waals surface area contributed by atoms with Gasteiger partial charge in [-0.05, 0) is 53.9 Å². The van der Waals surface area contributed by atoms with Crippen molar-refractivity contribution in [3.8, 4) is 10.4 Å². The van der Waals surface area contributed by atoms with Gasteiger partial charge in [0, 0.05) is 18.0 Å². The lowest BCUT2D eigenvalue weighted by Gasteiger charge is -2.13. The Kier molecular flexibility index (Phi) is 3.92. The van der Waals surface area contributed by atoms with E-state index in [1.54, 1.807) is 35.4 Å². The first-order valence-corrected chi connectivity index (χ1v) is 9.95. The van der Waals surface area contributed by atoms with Gasteiger partial charge in [0.25, 0.3) is 5.91 Å². The highest BCUT2D eigenvalue weighted by atomic mass is 32.2. The molecule has 3 aromatic rings. The monoisotopic (exact) mass is 359 g/mol. The van der Waals surface area contributed by atoms with Crippen molar-refractivity contribution in [2.75, 3.05) is 11.6 Å². The summed E-state index contributed by atoms with van der Waals surface area (Å²) < 4.78 is 5.52. The van der Waals surface area contributed by atoms with E-state index < -0.39 is 0 Å². The molecular formula is C16H13N3OS3.